The van der Waals surface area contributed by atoms with E-state index in [1.807, 2.05) is 18.7 Å². The van der Waals surface area contributed by atoms with E-state index in [0.717, 1.165) is 0 Å². The van der Waals surface area contributed by atoms with E-state index in [-0.39, 0.29) is 17.6 Å². The second-order valence-corrected chi connectivity index (χ2v) is 7.75. The maximum absolute atomic E-state index is 12.5. The van der Waals surface area contributed by atoms with E-state index < -0.39 is 28.3 Å². The van der Waals surface area contributed by atoms with Gasteiger partial charge in [-0.1, -0.05) is 0 Å². The molecular weight excluding hydrogens is 354 g/mol. The third-order valence-electron chi connectivity index (χ3n) is 4.30. The van der Waals surface area contributed by atoms with Crippen LogP contribution in [0.3, 0.4) is 0 Å². The zero-order chi connectivity index (χ0) is 20.5. The van der Waals surface area contributed by atoms with Gasteiger partial charge in [0.25, 0.3) is 5.69 Å². The largest absolute Gasteiger partial charge is 0.477 e. The topological polar surface area (TPSA) is 113 Å². The molecule has 0 aliphatic carbocycles. The summed E-state index contributed by atoms with van der Waals surface area (Å²) in [5, 5.41) is 20.3. The number of carbonyl (C=O) groups excluding carboxylic acids is 1. The highest BCUT2D eigenvalue weighted by Gasteiger charge is 2.36. The molecule has 1 saturated heterocycles. The lowest BCUT2D eigenvalue weighted by Gasteiger charge is -2.45. The smallest absolute Gasteiger partial charge is 0.410 e. The Morgan fingerprint density at radius 2 is 1.78 bits per heavy atom. The van der Waals surface area contributed by atoms with Crippen molar-refractivity contribution in [2.45, 2.75) is 52.3 Å². The average molecular weight is 379 g/mol. The number of hydrogen-bond acceptors (Lipinski definition) is 6. The number of carboxylic acids is 1. The molecule has 2 unspecified atom stereocenters. The van der Waals surface area contributed by atoms with Crippen molar-refractivity contribution in [2.75, 3.05) is 18.0 Å². The van der Waals surface area contributed by atoms with Crippen molar-refractivity contribution < 1.29 is 24.4 Å². The van der Waals surface area contributed by atoms with Crippen LogP contribution in [0.15, 0.2) is 18.2 Å². The summed E-state index contributed by atoms with van der Waals surface area (Å²) < 4.78 is 5.47. The molecule has 2 rings (SSSR count). The van der Waals surface area contributed by atoms with Gasteiger partial charge in [0.1, 0.15) is 11.2 Å². The zero-order valence-electron chi connectivity index (χ0n) is 16.1. The molecule has 2 atom stereocenters. The number of hydrogen-bond donors (Lipinski definition) is 1. The summed E-state index contributed by atoms with van der Waals surface area (Å²) in [6.07, 6.45) is -0.394. The summed E-state index contributed by atoms with van der Waals surface area (Å²) >= 11 is 0. The van der Waals surface area contributed by atoms with Crippen LogP contribution in [0.25, 0.3) is 0 Å². The van der Waals surface area contributed by atoms with Crippen LogP contribution in [0, 0.1) is 10.1 Å². The number of anilines is 1. The molecule has 1 amide bonds. The van der Waals surface area contributed by atoms with Crippen LogP contribution in [0.5, 0.6) is 0 Å². The van der Waals surface area contributed by atoms with Gasteiger partial charge in [-0.15, -0.1) is 0 Å². The zero-order valence-corrected chi connectivity index (χ0v) is 16.1. The number of benzene rings is 1. The first-order valence-corrected chi connectivity index (χ1v) is 8.68. The molecule has 1 heterocycles. The molecule has 0 saturated carbocycles. The van der Waals surface area contributed by atoms with E-state index in [1.165, 1.54) is 12.1 Å². The Balaban J connectivity index is 2.24. The lowest BCUT2D eigenvalue weighted by atomic mass is 10.1. The third-order valence-corrected chi connectivity index (χ3v) is 4.30. The van der Waals surface area contributed by atoms with Gasteiger partial charge in [0.2, 0.25) is 0 Å². The summed E-state index contributed by atoms with van der Waals surface area (Å²) in [7, 11) is 0. The van der Waals surface area contributed by atoms with Crippen LogP contribution < -0.4 is 4.90 Å². The molecule has 0 bridgehead atoms. The van der Waals surface area contributed by atoms with Gasteiger partial charge in [-0.3, -0.25) is 15.0 Å². The highest BCUT2D eigenvalue weighted by atomic mass is 16.6. The number of ether oxygens (including phenoxy) is 1. The Bertz CT molecular complexity index is 746. The molecule has 1 fully saturated rings. The van der Waals surface area contributed by atoms with E-state index in [4.69, 9.17) is 9.84 Å². The highest BCUT2D eigenvalue weighted by Crippen LogP contribution is 2.29. The Kier molecular flexibility index (Phi) is 5.62. The van der Waals surface area contributed by atoms with Crippen LogP contribution in [0.4, 0.5) is 16.2 Å². The predicted molar refractivity (Wildman–Crippen MR) is 99.3 cm³/mol. The monoisotopic (exact) mass is 379 g/mol. The molecular formula is C18H25N3O6. The summed E-state index contributed by atoms with van der Waals surface area (Å²) in [5.41, 5.74) is -0.845. The second-order valence-electron chi connectivity index (χ2n) is 7.75. The SMILES string of the molecule is CC1CN(c2ccc(C(=O)O)c([N+](=O)[O-])c2)CC(C)N1C(=O)OC(C)(C)C. The molecule has 148 valence electrons. The van der Waals surface area contributed by atoms with Crippen LogP contribution >= 0.6 is 0 Å². The van der Waals surface area contributed by atoms with Crippen molar-refractivity contribution in [1.29, 1.82) is 0 Å². The van der Waals surface area contributed by atoms with Crippen molar-refractivity contribution in [3.05, 3.63) is 33.9 Å². The van der Waals surface area contributed by atoms with Crippen LogP contribution in [0.1, 0.15) is 45.0 Å². The summed E-state index contributed by atoms with van der Waals surface area (Å²) in [6, 6.07) is 3.71. The first kappa shape index (κ1) is 20.5. The number of nitro benzene ring substituents is 1. The van der Waals surface area contributed by atoms with Gasteiger partial charge in [-0.2, -0.15) is 0 Å². The number of piperazine rings is 1. The number of nitrogens with zero attached hydrogens (tertiary/aromatic N) is 3. The Morgan fingerprint density at radius 1 is 1.22 bits per heavy atom. The van der Waals surface area contributed by atoms with Crippen molar-refractivity contribution in [2.24, 2.45) is 0 Å². The molecule has 9 heteroatoms. The fourth-order valence-corrected chi connectivity index (χ4v) is 3.26. The fraction of sp³-hybridized carbons (Fsp3) is 0.556. The van der Waals surface area contributed by atoms with Crippen molar-refractivity contribution >= 4 is 23.4 Å². The van der Waals surface area contributed by atoms with Gasteiger partial charge >= 0.3 is 12.1 Å². The first-order chi connectivity index (χ1) is 12.4. The van der Waals surface area contributed by atoms with E-state index >= 15 is 0 Å². The maximum Gasteiger partial charge on any atom is 0.410 e. The summed E-state index contributed by atoms with van der Waals surface area (Å²) in [4.78, 5) is 37.7. The van der Waals surface area contributed by atoms with Gasteiger partial charge in [-0.05, 0) is 46.8 Å². The minimum atomic E-state index is -1.34. The van der Waals surface area contributed by atoms with Crippen molar-refractivity contribution in [1.82, 2.24) is 4.90 Å². The van der Waals surface area contributed by atoms with E-state index in [1.54, 1.807) is 31.7 Å². The lowest BCUT2D eigenvalue weighted by molar-refractivity contribution is -0.385. The van der Waals surface area contributed by atoms with E-state index in [9.17, 15) is 19.7 Å². The van der Waals surface area contributed by atoms with Crippen molar-refractivity contribution in [3.63, 3.8) is 0 Å². The van der Waals surface area contributed by atoms with Crippen LogP contribution in [-0.2, 0) is 4.74 Å². The number of carboxylic acid groups (broad SMARTS) is 1. The van der Waals surface area contributed by atoms with Crippen LogP contribution in [0.2, 0.25) is 0 Å². The Hall–Kier alpha value is -2.84. The minimum absolute atomic E-state index is 0.179. The lowest BCUT2D eigenvalue weighted by Crippen LogP contribution is -2.59. The van der Waals surface area contributed by atoms with E-state index in [0.29, 0.717) is 18.8 Å². The number of aromatic carboxylic acids is 1. The van der Waals surface area contributed by atoms with Gasteiger partial charge in [0, 0.05) is 24.8 Å². The summed E-state index contributed by atoms with van der Waals surface area (Å²) in [5.74, 6) is -1.34. The molecule has 27 heavy (non-hydrogen) atoms. The summed E-state index contributed by atoms with van der Waals surface area (Å²) in [6.45, 7) is 10.1. The average Bonchev–Trinajstić information content (AvgIpc) is 2.51. The van der Waals surface area contributed by atoms with Crippen LogP contribution in [-0.4, -0.2) is 57.8 Å². The number of nitro groups is 1. The fourth-order valence-electron chi connectivity index (χ4n) is 3.26. The molecule has 0 radical (unpaired) electrons. The number of rotatable bonds is 3. The third kappa shape index (κ3) is 4.66. The molecule has 1 aliphatic heterocycles. The second kappa shape index (κ2) is 7.42. The number of amides is 1. The van der Waals surface area contributed by atoms with Gasteiger partial charge in [0.05, 0.1) is 17.0 Å². The van der Waals surface area contributed by atoms with Crippen molar-refractivity contribution in [3.8, 4) is 0 Å². The quantitative estimate of drug-likeness (QED) is 0.634. The highest BCUT2D eigenvalue weighted by molar-refractivity contribution is 5.93. The molecule has 0 spiro atoms. The Morgan fingerprint density at radius 3 is 2.22 bits per heavy atom. The molecule has 1 aromatic carbocycles. The normalized spacial score (nSPS) is 20.3. The maximum atomic E-state index is 12.5. The van der Waals surface area contributed by atoms with Gasteiger partial charge < -0.3 is 14.7 Å². The van der Waals surface area contributed by atoms with Gasteiger partial charge in [0.15, 0.2) is 0 Å². The molecule has 1 N–H and O–H groups in total. The van der Waals surface area contributed by atoms with Gasteiger partial charge in [-0.25, -0.2) is 9.59 Å². The molecule has 0 aromatic heterocycles. The number of carbonyl (C=O) groups is 2. The predicted octanol–water partition coefficient (Wildman–Crippen LogP) is 3.13. The first-order valence-electron chi connectivity index (χ1n) is 8.68. The molecule has 1 aliphatic rings. The molecule has 1 aromatic rings. The van der Waals surface area contributed by atoms with E-state index in [2.05, 4.69) is 0 Å². The minimum Gasteiger partial charge on any atom is -0.477 e. The Labute approximate surface area is 157 Å². The standard InChI is InChI=1S/C18H25N3O6/c1-11-9-19(10-12(2)20(11)17(24)27-18(3,4)5)13-6-7-14(16(22)23)15(8-13)21(25)26/h6-8,11-12H,9-10H2,1-5H3,(H,22,23). The molecule has 9 nitrogen and oxygen atoms in total.